The number of fused-ring (bicyclic) bond motifs is 2. The molecule has 4 heteroatoms. The highest BCUT2D eigenvalue weighted by molar-refractivity contribution is 9.10. The van der Waals surface area contributed by atoms with E-state index in [0.717, 1.165) is 17.6 Å². The van der Waals surface area contributed by atoms with Crippen LogP contribution in [0.5, 0.6) is 0 Å². The lowest BCUT2D eigenvalue weighted by Gasteiger charge is -2.37. The topological polar surface area (TPSA) is 21.7 Å². The Morgan fingerprint density at radius 2 is 2.12 bits per heavy atom. The average molecular weight is 284 g/mol. The minimum atomic E-state index is -0.421. The van der Waals surface area contributed by atoms with Crippen LogP contribution in [0.15, 0.2) is 28.7 Å². The van der Waals surface area contributed by atoms with Crippen molar-refractivity contribution in [3.05, 3.63) is 28.7 Å². The van der Waals surface area contributed by atoms with Crippen LogP contribution in [0, 0.1) is 0 Å². The number of hydrogen-bond donors (Lipinski definition) is 0. The van der Waals surface area contributed by atoms with E-state index < -0.39 is 5.79 Å². The van der Waals surface area contributed by atoms with E-state index in [2.05, 4.69) is 45.1 Å². The first-order valence-corrected chi connectivity index (χ1v) is 6.26. The molecule has 3 rings (SSSR count). The van der Waals surface area contributed by atoms with Gasteiger partial charge in [-0.25, -0.2) is 0 Å². The number of anilines is 1. The van der Waals surface area contributed by atoms with Gasteiger partial charge >= 0.3 is 0 Å². The molecule has 2 fully saturated rings. The minimum Gasteiger partial charge on any atom is -0.363 e. The van der Waals surface area contributed by atoms with Crippen molar-refractivity contribution in [2.45, 2.75) is 18.8 Å². The molecule has 3 nitrogen and oxygen atoms in total. The van der Waals surface area contributed by atoms with Gasteiger partial charge in [0.25, 0.3) is 0 Å². The fourth-order valence-electron chi connectivity index (χ4n) is 2.37. The maximum Gasteiger partial charge on any atom is 0.183 e. The molecule has 0 unspecified atom stereocenters. The zero-order valence-corrected chi connectivity index (χ0v) is 10.7. The molecule has 0 spiro atoms. The van der Waals surface area contributed by atoms with Crippen molar-refractivity contribution in [3.63, 3.8) is 0 Å². The fraction of sp³-hybridized carbons (Fsp3) is 0.500. The molecule has 0 amide bonds. The smallest absolute Gasteiger partial charge is 0.183 e. The summed E-state index contributed by atoms with van der Waals surface area (Å²) in [6, 6.07) is 8.38. The number of halogens is 1. The van der Waals surface area contributed by atoms with E-state index >= 15 is 0 Å². The number of rotatable bonds is 1. The van der Waals surface area contributed by atoms with Gasteiger partial charge in [-0.1, -0.05) is 15.9 Å². The zero-order valence-electron chi connectivity index (χ0n) is 9.15. The van der Waals surface area contributed by atoms with E-state index in [-0.39, 0.29) is 6.10 Å². The molecule has 1 aromatic carbocycles. The van der Waals surface area contributed by atoms with E-state index in [9.17, 15) is 0 Å². The molecule has 0 saturated carbocycles. The summed E-state index contributed by atoms with van der Waals surface area (Å²) in [5, 5.41) is 0. The lowest BCUT2D eigenvalue weighted by molar-refractivity contribution is -0.156. The van der Waals surface area contributed by atoms with E-state index in [1.54, 1.807) is 0 Å². The van der Waals surface area contributed by atoms with Gasteiger partial charge in [0.1, 0.15) is 6.10 Å². The third-order valence-electron chi connectivity index (χ3n) is 3.08. The summed E-state index contributed by atoms with van der Waals surface area (Å²) in [4.78, 5) is 2.33. The molecule has 2 aliphatic heterocycles. The van der Waals surface area contributed by atoms with E-state index in [1.165, 1.54) is 5.69 Å². The van der Waals surface area contributed by atoms with Gasteiger partial charge in [-0.15, -0.1) is 0 Å². The van der Waals surface area contributed by atoms with Crippen molar-refractivity contribution in [3.8, 4) is 0 Å². The van der Waals surface area contributed by atoms with Gasteiger partial charge in [0.15, 0.2) is 5.79 Å². The van der Waals surface area contributed by atoms with Crippen molar-refractivity contribution in [1.29, 1.82) is 0 Å². The standard InChI is InChI=1S/C12H14BrNO2/c1-12-8-14(6-11(16-12)7-15-12)10-4-2-9(13)3-5-10/h2-5,11H,6-8H2,1H3/t11-,12-/m0/s1. The first-order valence-electron chi connectivity index (χ1n) is 5.47. The summed E-state index contributed by atoms with van der Waals surface area (Å²) >= 11 is 3.45. The molecule has 86 valence electrons. The summed E-state index contributed by atoms with van der Waals surface area (Å²) in [5.74, 6) is -0.421. The van der Waals surface area contributed by atoms with Crippen LogP contribution in [-0.4, -0.2) is 31.6 Å². The summed E-state index contributed by atoms with van der Waals surface area (Å²) in [6.07, 6.45) is 0.211. The number of hydrogen-bond acceptors (Lipinski definition) is 3. The monoisotopic (exact) mass is 283 g/mol. The highest BCUT2D eigenvalue weighted by atomic mass is 79.9. The lowest BCUT2D eigenvalue weighted by Crippen LogP contribution is -2.49. The summed E-state index contributed by atoms with van der Waals surface area (Å²) in [6.45, 7) is 4.43. The lowest BCUT2D eigenvalue weighted by atomic mass is 10.2. The normalized spacial score (nSPS) is 33.1. The van der Waals surface area contributed by atoms with Crippen molar-refractivity contribution < 1.29 is 9.47 Å². The van der Waals surface area contributed by atoms with Crippen LogP contribution in [0.3, 0.4) is 0 Å². The molecule has 0 N–H and O–H groups in total. The second-order valence-corrected chi connectivity index (χ2v) is 5.46. The molecule has 0 radical (unpaired) electrons. The fourth-order valence-corrected chi connectivity index (χ4v) is 2.63. The minimum absolute atomic E-state index is 0.211. The largest absolute Gasteiger partial charge is 0.363 e. The SMILES string of the molecule is C[C@]12CN(c3ccc(Br)cc3)C[C@@H](CO1)O2. The number of nitrogens with zero attached hydrogens (tertiary/aromatic N) is 1. The van der Waals surface area contributed by atoms with Crippen LogP contribution in [0.25, 0.3) is 0 Å². The van der Waals surface area contributed by atoms with E-state index in [4.69, 9.17) is 9.47 Å². The Bertz CT molecular complexity index is 395. The predicted octanol–water partition coefficient (Wildman–Crippen LogP) is 2.40. The quantitative estimate of drug-likeness (QED) is 0.790. The first kappa shape index (κ1) is 10.6. The zero-order chi connectivity index (χ0) is 11.2. The summed E-state index contributed by atoms with van der Waals surface area (Å²) in [7, 11) is 0. The Morgan fingerprint density at radius 3 is 2.81 bits per heavy atom. The third kappa shape index (κ3) is 1.85. The molecule has 16 heavy (non-hydrogen) atoms. The molecule has 2 bridgehead atoms. The van der Waals surface area contributed by atoms with Gasteiger partial charge in [-0.2, -0.15) is 0 Å². The first-order chi connectivity index (χ1) is 7.65. The van der Waals surface area contributed by atoms with Gasteiger partial charge < -0.3 is 14.4 Å². The number of morpholine rings is 1. The van der Waals surface area contributed by atoms with Crippen LogP contribution in [0.1, 0.15) is 6.92 Å². The van der Waals surface area contributed by atoms with Crippen LogP contribution in [0.4, 0.5) is 5.69 Å². The number of ether oxygens (including phenoxy) is 2. The molecule has 1 aromatic rings. The van der Waals surface area contributed by atoms with Gasteiger partial charge in [0.2, 0.25) is 0 Å². The molecule has 0 aliphatic carbocycles. The van der Waals surface area contributed by atoms with Crippen LogP contribution >= 0.6 is 15.9 Å². The Labute approximate surface area is 103 Å². The van der Waals surface area contributed by atoms with Gasteiger partial charge in [0.05, 0.1) is 13.2 Å². The van der Waals surface area contributed by atoms with Crippen LogP contribution < -0.4 is 4.90 Å². The Kier molecular flexibility index (Phi) is 2.46. The van der Waals surface area contributed by atoms with Crippen LogP contribution in [0.2, 0.25) is 0 Å². The van der Waals surface area contributed by atoms with Gasteiger partial charge in [-0.3, -0.25) is 0 Å². The molecular weight excluding hydrogens is 270 g/mol. The van der Waals surface area contributed by atoms with Crippen molar-refractivity contribution in [2.75, 3.05) is 24.6 Å². The highest BCUT2D eigenvalue weighted by Gasteiger charge is 2.44. The molecule has 2 saturated heterocycles. The highest BCUT2D eigenvalue weighted by Crippen LogP contribution is 2.32. The van der Waals surface area contributed by atoms with Crippen molar-refractivity contribution in [2.24, 2.45) is 0 Å². The Morgan fingerprint density at radius 1 is 1.38 bits per heavy atom. The molecule has 0 aromatic heterocycles. The van der Waals surface area contributed by atoms with E-state index in [1.807, 2.05) is 6.92 Å². The predicted molar refractivity (Wildman–Crippen MR) is 65.6 cm³/mol. The molecule has 2 aliphatic rings. The van der Waals surface area contributed by atoms with Crippen molar-refractivity contribution >= 4 is 21.6 Å². The maximum absolute atomic E-state index is 5.79. The third-order valence-corrected chi connectivity index (χ3v) is 3.61. The Balaban J connectivity index is 1.83. The second-order valence-electron chi connectivity index (χ2n) is 4.54. The molecular formula is C12H14BrNO2. The number of benzene rings is 1. The average Bonchev–Trinajstić information content (AvgIpc) is 2.53. The van der Waals surface area contributed by atoms with Gasteiger partial charge in [-0.05, 0) is 31.2 Å². The second kappa shape index (κ2) is 3.72. The summed E-state index contributed by atoms with van der Waals surface area (Å²) in [5.41, 5.74) is 1.23. The van der Waals surface area contributed by atoms with Crippen LogP contribution in [-0.2, 0) is 9.47 Å². The molecule has 2 atom stereocenters. The van der Waals surface area contributed by atoms with Gasteiger partial charge in [0, 0.05) is 16.7 Å². The Hall–Kier alpha value is -0.580. The van der Waals surface area contributed by atoms with E-state index in [0.29, 0.717) is 6.61 Å². The van der Waals surface area contributed by atoms with Crippen molar-refractivity contribution in [1.82, 2.24) is 0 Å². The maximum atomic E-state index is 5.79. The molecule has 2 heterocycles. The summed E-state index contributed by atoms with van der Waals surface area (Å²) < 4.78 is 12.6.